The highest BCUT2D eigenvalue weighted by Crippen LogP contribution is 2.16. The summed E-state index contributed by atoms with van der Waals surface area (Å²) in [5.41, 5.74) is 3.10. The fraction of sp³-hybridized carbons (Fsp3) is 0.600. The molecule has 2 rings (SSSR count). The van der Waals surface area contributed by atoms with Crippen molar-refractivity contribution in [1.29, 1.82) is 0 Å². The van der Waals surface area contributed by atoms with Crippen LogP contribution in [0.2, 0.25) is 0 Å². The maximum absolute atomic E-state index is 13.8. The molecule has 1 aromatic rings. The molecule has 0 unspecified atom stereocenters. The third-order valence-corrected chi connectivity index (χ3v) is 3.79. The highest BCUT2D eigenvalue weighted by Gasteiger charge is 2.10. The van der Waals surface area contributed by atoms with Crippen LogP contribution in [0.5, 0.6) is 0 Å². The molecule has 0 bridgehead atoms. The zero-order valence-corrected chi connectivity index (χ0v) is 11.4. The molecular weight excluding hydrogens is 227 g/mol. The fourth-order valence-corrected chi connectivity index (χ4v) is 2.46. The van der Waals surface area contributed by atoms with Crippen LogP contribution in [0.3, 0.4) is 0 Å². The van der Waals surface area contributed by atoms with Gasteiger partial charge in [0.15, 0.2) is 0 Å². The van der Waals surface area contributed by atoms with Crippen LogP contribution in [0.4, 0.5) is 4.39 Å². The lowest BCUT2D eigenvalue weighted by Crippen LogP contribution is -2.43. The predicted molar refractivity (Wildman–Crippen MR) is 73.5 cm³/mol. The molecule has 1 aromatic carbocycles. The van der Waals surface area contributed by atoms with Crippen LogP contribution < -0.4 is 5.32 Å². The Balaban J connectivity index is 1.84. The molecule has 1 N–H and O–H groups in total. The molecule has 100 valence electrons. The van der Waals surface area contributed by atoms with Gasteiger partial charge in [0, 0.05) is 26.2 Å². The number of nitrogens with zero attached hydrogens (tertiary/aromatic N) is 1. The number of hydrogen-bond acceptors (Lipinski definition) is 2. The summed E-state index contributed by atoms with van der Waals surface area (Å²) in [6, 6.07) is 3.66. The molecule has 0 amide bonds. The van der Waals surface area contributed by atoms with Gasteiger partial charge in [0.05, 0.1) is 0 Å². The monoisotopic (exact) mass is 250 g/mol. The zero-order valence-electron chi connectivity index (χ0n) is 11.4. The first kappa shape index (κ1) is 13.5. The largest absolute Gasteiger partial charge is 0.314 e. The molecule has 0 aromatic heterocycles. The van der Waals surface area contributed by atoms with Crippen molar-refractivity contribution in [1.82, 2.24) is 10.2 Å². The molecule has 1 aliphatic heterocycles. The van der Waals surface area contributed by atoms with E-state index < -0.39 is 0 Å². The third-order valence-electron chi connectivity index (χ3n) is 3.79. The van der Waals surface area contributed by atoms with Crippen LogP contribution in [-0.4, -0.2) is 37.6 Å². The lowest BCUT2D eigenvalue weighted by molar-refractivity contribution is 0.238. The molecule has 1 heterocycles. The molecule has 1 saturated heterocycles. The quantitative estimate of drug-likeness (QED) is 0.882. The summed E-state index contributed by atoms with van der Waals surface area (Å²) in [6.45, 7) is 9.49. The van der Waals surface area contributed by atoms with Gasteiger partial charge in [-0.25, -0.2) is 4.39 Å². The molecule has 0 aliphatic carbocycles. The Labute approximate surface area is 109 Å². The van der Waals surface area contributed by atoms with Crippen LogP contribution in [0.15, 0.2) is 12.1 Å². The minimum absolute atomic E-state index is 0.0431. The summed E-state index contributed by atoms with van der Waals surface area (Å²) in [5.74, 6) is -0.0431. The van der Waals surface area contributed by atoms with E-state index in [0.717, 1.165) is 56.7 Å². The summed E-state index contributed by atoms with van der Waals surface area (Å²) in [6.07, 6.45) is 1.89. The number of benzene rings is 1. The zero-order chi connectivity index (χ0) is 13.0. The van der Waals surface area contributed by atoms with E-state index in [9.17, 15) is 4.39 Å². The second-order valence-corrected chi connectivity index (χ2v) is 5.22. The van der Waals surface area contributed by atoms with Crippen molar-refractivity contribution in [2.75, 3.05) is 32.7 Å². The Kier molecular flexibility index (Phi) is 4.72. The Morgan fingerprint density at radius 1 is 1.17 bits per heavy atom. The number of piperazine rings is 1. The van der Waals surface area contributed by atoms with Crippen molar-refractivity contribution >= 4 is 0 Å². The fourth-order valence-electron chi connectivity index (χ4n) is 2.46. The van der Waals surface area contributed by atoms with Crippen molar-refractivity contribution in [3.05, 3.63) is 34.6 Å². The predicted octanol–water partition coefficient (Wildman–Crippen LogP) is 2.28. The topological polar surface area (TPSA) is 15.3 Å². The lowest BCUT2D eigenvalue weighted by atomic mass is 10.0. The van der Waals surface area contributed by atoms with Gasteiger partial charge in [-0.1, -0.05) is 6.07 Å². The molecule has 0 atom stereocenters. The minimum atomic E-state index is -0.0431. The molecule has 0 saturated carbocycles. The van der Waals surface area contributed by atoms with E-state index in [-0.39, 0.29) is 5.82 Å². The highest BCUT2D eigenvalue weighted by atomic mass is 19.1. The van der Waals surface area contributed by atoms with Crippen molar-refractivity contribution in [3.63, 3.8) is 0 Å². The van der Waals surface area contributed by atoms with Gasteiger partial charge in [0.25, 0.3) is 0 Å². The molecule has 0 radical (unpaired) electrons. The Morgan fingerprint density at radius 2 is 1.83 bits per heavy atom. The van der Waals surface area contributed by atoms with Crippen molar-refractivity contribution in [3.8, 4) is 0 Å². The van der Waals surface area contributed by atoms with E-state index in [4.69, 9.17) is 0 Å². The SMILES string of the molecule is Cc1cc(F)c(CCCN2CCNCC2)cc1C. The number of rotatable bonds is 4. The third kappa shape index (κ3) is 3.53. The molecule has 0 spiro atoms. The summed E-state index contributed by atoms with van der Waals surface area (Å²) in [4.78, 5) is 2.45. The lowest BCUT2D eigenvalue weighted by Gasteiger charge is -2.27. The van der Waals surface area contributed by atoms with Crippen molar-refractivity contribution in [2.24, 2.45) is 0 Å². The van der Waals surface area contributed by atoms with Crippen molar-refractivity contribution in [2.45, 2.75) is 26.7 Å². The Hall–Kier alpha value is -0.930. The maximum atomic E-state index is 13.8. The van der Waals surface area contributed by atoms with Gasteiger partial charge < -0.3 is 10.2 Å². The smallest absolute Gasteiger partial charge is 0.126 e. The van der Waals surface area contributed by atoms with Crippen LogP contribution in [0, 0.1) is 19.7 Å². The van der Waals surface area contributed by atoms with Gasteiger partial charge in [-0.3, -0.25) is 0 Å². The number of hydrogen-bond donors (Lipinski definition) is 1. The summed E-state index contributed by atoms with van der Waals surface area (Å²) in [7, 11) is 0. The second-order valence-electron chi connectivity index (χ2n) is 5.22. The number of aryl methyl sites for hydroxylation is 3. The summed E-state index contributed by atoms with van der Waals surface area (Å²) in [5, 5.41) is 3.34. The van der Waals surface area contributed by atoms with E-state index in [0.29, 0.717) is 0 Å². The van der Waals surface area contributed by atoms with E-state index in [1.807, 2.05) is 13.0 Å². The van der Waals surface area contributed by atoms with Crippen LogP contribution in [0.1, 0.15) is 23.1 Å². The van der Waals surface area contributed by atoms with E-state index in [1.54, 1.807) is 6.07 Å². The summed E-state index contributed by atoms with van der Waals surface area (Å²) < 4.78 is 13.8. The van der Waals surface area contributed by atoms with Crippen LogP contribution in [0.25, 0.3) is 0 Å². The van der Waals surface area contributed by atoms with Gasteiger partial charge >= 0.3 is 0 Å². The summed E-state index contributed by atoms with van der Waals surface area (Å²) >= 11 is 0. The number of nitrogens with one attached hydrogen (secondary N) is 1. The van der Waals surface area contributed by atoms with E-state index in [1.165, 1.54) is 5.56 Å². The van der Waals surface area contributed by atoms with Crippen LogP contribution in [-0.2, 0) is 6.42 Å². The van der Waals surface area contributed by atoms with Gasteiger partial charge in [-0.2, -0.15) is 0 Å². The molecule has 1 fully saturated rings. The van der Waals surface area contributed by atoms with Gasteiger partial charge in [0.2, 0.25) is 0 Å². The first-order chi connectivity index (χ1) is 8.66. The molecule has 1 aliphatic rings. The second kappa shape index (κ2) is 6.30. The molecule has 2 nitrogen and oxygen atoms in total. The van der Waals surface area contributed by atoms with Gasteiger partial charge in [0.1, 0.15) is 5.82 Å². The standard InChI is InChI=1S/C15H23FN2/c1-12-10-14(15(16)11-13(12)2)4-3-7-18-8-5-17-6-9-18/h10-11,17H,3-9H2,1-2H3. The van der Waals surface area contributed by atoms with Gasteiger partial charge in [-0.15, -0.1) is 0 Å². The molecule has 18 heavy (non-hydrogen) atoms. The Morgan fingerprint density at radius 3 is 2.56 bits per heavy atom. The van der Waals surface area contributed by atoms with Gasteiger partial charge in [-0.05, 0) is 56.0 Å². The van der Waals surface area contributed by atoms with E-state index in [2.05, 4.69) is 17.1 Å². The normalized spacial score (nSPS) is 17.1. The highest BCUT2D eigenvalue weighted by molar-refractivity contribution is 5.31. The van der Waals surface area contributed by atoms with E-state index >= 15 is 0 Å². The average molecular weight is 250 g/mol. The van der Waals surface area contributed by atoms with Crippen molar-refractivity contribution < 1.29 is 4.39 Å². The first-order valence-electron chi connectivity index (χ1n) is 6.85. The minimum Gasteiger partial charge on any atom is -0.314 e. The molecular formula is C15H23FN2. The molecule has 3 heteroatoms. The average Bonchev–Trinajstić information content (AvgIpc) is 2.37. The first-order valence-corrected chi connectivity index (χ1v) is 6.85. The maximum Gasteiger partial charge on any atom is 0.126 e. The van der Waals surface area contributed by atoms with Crippen LogP contribution >= 0.6 is 0 Å². The number of halogens is 1. The Bertz CT molecular complexity index is 398.